The quantitative estimate of drug-likeness (QED) is 0.594. The molecule has 1 N–H and O–H groups in total. The Balaban J connectivity index is 1.46. The minimum atomic E-state index is -3.18. The van der Waals surface area contributed by atoms with Crippen molar-refractivity contribution in [2.45, 2.75) is 19.3 Å². The van der Waals surface area contributed by atoms with E-state index in [1.54, 1.807) is 0 Å². The number of nitrogens with one attached hydrogen (secondary N) is 1. The van der Waals surface area contributed by atoms with Crippen molar-refractivity contribution in [1.29, 1.82) is 0 Å². The summed E-state index contributed by atoms with van der Waals surface area (Å²) in [4.78, 5) is 18.2. The van der Waals surface area contributed by atoms with E-state index in [1.165, 1.54) is 4.31 Å². The molecular formula is C25H24ClN3O3S. The monoisotopic (exact) mass is 481 g/mol. The molecule has 2 aliphatic rings. The number of sulfonamides is 1. The molecule has 0 bridgehead atoms. The van der Waals surface area contributed by atoms with Gasteiger partial charge in [0.1, 0.15) is 0 Å². The van der Waals surface area contributed by atoms with Crippen LogP contribution in [0.25, 0.3) is 22.6 Å². The normalized spacial score (nSPS) is 18.6. The van der Waals surface area contributed by atoms with Gasteiger partial charge in [0.25, 0.3) is 5.91 Å². The van der Waals surface area contributed by atoms with E-state index >= 15 is 0 Å². The van der Waals surface area contributed by atoms with Gasteiger partial charge in [-0.1, -0.05) is 41.9 Å². The summed E-state index contributed by atoms with van der Waals surface area (Å²) in [5.74, 6) is 0.000747. The zero-order valence-corrected chi connectivity index (χ0v) is 19.6. The summed E-state index contributed by atoms with van der Waals surface area (Å²) in [5, 5.41) is 4.45. The third kappa shape index (κ3) is 4.40. The minimum Gasteiger partial charge on any atom is -0.351 e. The van der Waals surface area contributed by atoms with Crippen LogP contribution in [0, 0.1) is 0 Å². The van der Waals surface area contributed by atoms with Crippen LogP contribution in [0.2, 0.25) is 5.02 Å². The van der Waals surface area contributed by atoms with Crippen LogP contribution in [-0.2, 0) is 16.4 Å². The van der Waals surface area contributed by atoms with E-state index < -0.39 is 10.0 Å². The van der Waals surface area contributed by atoms with Crippen molar-refractivity contribution in [1.82, 2.24) is 14.6 Å². The molecule has 170 valence electrons. The number of aromatic nitrogens is 1. The Bertz CT molecular complexity index is 1370. The summed E-state index contributed by atoms with van der Waals surface area (Å²) >= 11 is 6.02. The van der Waals surface area contributed by atoms with Gasteiger partial charge in [-0.25, -0.2) is 17.7 Å². The van der Waals surface area contributed by atoms with Crippen molar-refractivity contribution in [2.24, 2.45) is 0 Å². The highest BCUT2D eigenvalue weighted by atomic mass is 35.5. The Labute approximate surface area is 198 Å². The second kappa shape index (κ2) is 8.89. The Morgan fingerprint density at radius 3 is 2.67 bits per heavy atom. The summed E-state index contributed by atoms with van der Waals surface area (Å²) in [6, 6.07) is 15.3. The maximum atomic E-state index is 13.3. The van der Waals surface area contributed by atoms with Gasteiger partial charge in [-0.05, 0) is 60.2 Å². The fraction of sp³-hybridized carbons (Fsp3) is 0.280. The number of amides is 1. The largest absolute Gasteiger partial charge is 0.351 e. The smallest absolute Gasteiger partial charge is 0.252 e. The van der Waals surface area contributed by atoms with Gasteiger partial charge in [-0.3, -0.25) is 4.79 Å². The Morgan fingerprint density at radius 1 is 1.12 bits per heavy atom. The number of benzene rings is 2. The van der Waals surface area contributed by atoms with Crippen LogP contribution in [0.1, 0.15) is 40.0 Å². The first-order valence-electron chi connectivity index (χ1n) is 11.1. The molecule has 0 spiro atoms. The van der Waals surface area contributed by atoms with Gasteiger partial charge in [0, 0.05) is 30.0 Å². The molecule has 2 heterocycles. The van der Waals surface area contributed by atoms with Crippen molar-refractivity contribution in [3.8, 4) is 0 Å². The molecule has 1 fully saturated rings. The molecule has 0 atom stereocenters. The van der Waals surface area contributed by atoms with Crippen LogP contribution in [0.15, 0.2) is 48.5 Å². The number of nitrogens with zero attached hydrogens (tertiary/aromatic N) is 2. The van der Waals surface area contributed by atoms with Gasteiger partial charge in [0.05, 0.1) is 22.5 Å². The Hall–Kier alpha value is -2.74. The number of carbonyl (C=O) groups excluding carboxylic acids is 1. The fourth-order valence-corrected chi connectivity index (χ4v) is 6.28. The van der Waals surface area contributed by atoms with E-state index in [-0.39, 0.29) is 18.2 Å². The first kappa shape index (κ1) is 22.1. The molecule has 0 radical (unpaired) electrons. The van der Waals surface area contributed by atoms with E-state index in [1.807, 2.05) is 48.5 Å². The van der Waals surface area contributed by atoms with E-state index in [9.17, 15) is 13.2 Å². The first-order chi connectivity index (χ1) is 15.9. The van der Waals surface area contributed by atoms with Gasteiger partial charge >= 0.3 is 0 Å². The number of allylic oxidation sites excluding steroid dienone is 1. The van der Waals surface area contributed by atoms with Crippen LogP contribution < -0.4 is 5.32 Å². The number of para-hydroxylation sites is 1. The number of carbonyl (C=O) groups is 1. The molecule has 3 aromatic rings. The number of fused-ring (bicyclic) bond motifs is 2. The lowest BCUT2D eigenvalue weighted by atomic mass is 10.00. The molecule has 0 saturated carbocycles. The average molecular weight is 482 g/mol. The lowest BCUT2D eigenvalue weighted by Gasteiger charge is -2.16. The lowest BCUT2D eigenvalue weighted by Crippen LogP contribution is -2.36. The van der Waals surface area contributed by atoms with Crippen LogP contribution in [0.3, 0.4) is 0 Å². The van der Waals surface area contributed by atoms with Crippen molar-refractivity contribution < 1.29 is 13.2 Å². The SMILES string of the molecule is O=C(NCCN1CCCS1(=O)=O)c1c2c(nc3ccccc13)C(=Cc1ccc(Cl)cc1)CC2. The van der Waals surface area contributed by atoms with E-state index in [0.29, 0.717) is 30.1 Å². The van der Waals surface area contributed by atoms with E-state index in [0.717, 1.165) is 46.1 Å². The number of halogens is 1. The van der Waals surface area contributed by atoms with Crippen molar-refractivity contribution >= 4 is 50.1 Å². The first-order valence-corrected chi connectivity index (χ1v) is 13.1. The second-order valence-corrected chi connectivity index (χ2v) is 10.9. The van der Waals surface area contributed by atoms with Crippen LogP contribution in [0.4, 0.5) is 0 Å². The molecule has 33 heavy (non-hydrogen) atoms. The van der Waals surface area contributed by atoms with Crippen molar-refractivity contribution in [3.05, 3.63) is 75.9 Å². The Morgan fingerprint density at radius 2 is 1.91 bits per heavy atom. The van der Waals surface area contributed by atoms with Gasteiger partial charge in [0.2, 0.25) is 10.0 Å². The van der Waals surface area contributed by atoms with Gasteiger partial charge in [-0.15, -0.1) is 0 Å². The summed E-state index contributed by atoms with van der Waals surface area (Å²) in [5.41, 5.74) is 5.34. The highest BCUT2D eigenvalue weighted by Crippen LogP contribution is 2.37. The molecule has 8 heteroatoms. The number of pyridine rings is 1. The molecule has 1 aliphatic heterocycles. The summed E-state index contributed by atoms with van der Waals surface area (Å²) in [6.45, 7) is 1.09. The topological polar surface area (TPSA) is 79.4 Å². The molecule has 2 aromatic carbocycles. The minimum absolute atomic E-state index is 0.186. The highest BCUT2D eigenvalue weighted by Gasteiger charge is 2.29. The second-order valence-electron chi connectivity index (χ2n) is 8.38. The van der Waals surface area contributed by atoms with Crippen LogP contribution in [0.5, 0.6) is 0 Å². The Kier molecular flexibility index (Phi) is 5.95. The van der Waals surface area contributed by atoms with E-state index in [2.05, 4.69) is 11.4 Å². The highest BCUT2D eigenvalue weighted by molar-refractivity contribution is 7.89. The average Bonchev–Trinajstić information content (AvgIpc) is 3.35. The molecule has 1 aliphatic carbocycles. The molecule has 1 saturated heterocycles. The van der Waals surface area contributed by atoms with Crippen molar-refractivity contribution in [3.63, 3.8) is 0 Å². The predicted molar refractivity (Wildman–Crippen MR) is 132 cm³/mol. The molecule has 1 aromatic heterocycles. The fourth-order valence-electron chi connectivity index (χ4n) is 4.62. The van der Waals surface area contributed by atoms with Gasteiger partial charge in [0.15, 0.2) is 0 Å². The predicted octanol–water partition coefficient (Wildman–Crippen LogP) is 4.14. The van der Waals surface area contributed by atoms with Gasteiger partial charge < -0.3 is 5.32 Å². The molecule has 0 unspecified atom stereocenters. The zero-order chi connectivity index (χ0) is 23.0. The van der Waals surface area contributed by atoms with Crippen molar-refractivity contribution in [2.75, 3.05) is 25.4 Å². The molecule has 6 nitrogen and oxygen atoms in total. The zero-order valence-electron chi connectivity index (χ0n) is 18.1. The lowest BCUT2D eigenvalue weighted by molar-refractivity contribution is 0.0952. The third-order valence-electron chi connectivity index (χ3n) is 6.23. The number of hydrogen-bond donors (Lipinski definition) is 1. The van der Waals surface area contributed by atoms with Crippen LogP contribution >= 0.6 is 11.6 Å². The molecular weight excluding hydrogens is 458 g/mol. The molecule has 5 rings (SSSR count). The third-order valence-corrected chi connectivity index (χ3v) is 8.44. The maximum absolute atomic E-state index is 13.3. The van der Waals surface area contributed by atoms with E-state index in [4.69, 9.17) is 16.6 Å². The standard InChI is InChI=1S/C25H24ClN3O3S/c26-19-9-6-17(7-10-19)16-18-8-11-21-23(20-4-1-2-5-22(20)28-24(18)21)25(30)27-12-14-29-13-3-15-33(29,31)32/h1-2,4-7,9-10,16H,3,8,11-15H2,(H,27,30). The molecule has 1 amide bonds. The summed E-state index contributed by atoms with van der Waals surface area (Å²) < 4.78 is 25.5. The summed E-state index contributed by atoms with van der Waals surface area (Å²) in [6.07, 6.45) is 4.27. The number of rotatable bonds is 5. The van der Waals surface area contributed by atoms with Crippen LogP contribution in [-0.4, -0.2) is 49.0 Å². The van der Waals surface area contributed by atoms with Gasteiger partial charge in [-0.2, -0.15) is 0 Å². The summed E-state index contributed by atoms with van der Waals surface area (Å²) in [7, 11) is -3.18. The number of hydrogen-bond acceptors (Lipinski definition) is 4. The maximum Gasteiger partial charge on any atom is 0.252 e.